The number of ether oxygens (including phenoxy) is 1. The van der Waals surface area contributed by atoms with E-state index in [4.69, 9.17) is 0 Å². The number of hydrogen-bond acceptors (Lipinski definition) is 5. The van der Waals surface area contributed by atoms with Crippen molar-refractivity contribution in [3.63, 3.8) is 0 Å². The predicted octanol–water partition coefficient (Wildman–Crippen LogP) is -0.284. The first-order valence-electron chi connectivity index (χ1n) is 6.40. The van der Waals surface area contributed by atoms with Crippen molar-refractivity contribution >= 4 is 17.9 Å². The van der Waals surface area contributed by atoms with Crippen LogP contribution in [0.1, 0.15) is 20.3 Å². The van der Waals surface area contributed by atoms with Crippen LogP contribution < -0.4 is 10.6 Å². The van der Waals surface area contributed by atoms with Crippen molar-refractivity contribution in [2.45, 2.75) is 26.3 Å². The third-order valence-corrected chi connectivity index (χ3v) is 3.26. The molecule has 1 aliphatic rings. The lowest BCUT2D eigenvalue weighted by Crippen LogP contribution is -2.49. The zero-order valence-electron chi connectivity index (χ0n) is 11.6. The summed E-state index contributed by atoms with van der Waals surface area (Å²) < 4.78 is 4.69. The van der Waals surface area contributed by atoms with Gasteiger partial charge in [-0.3, -0.25) is 19.8 Å². The number of nitrogens with one attached hydrogen (secondary N) is 2. The van der Waals surface area contributed by atoms with Crippen LogP contribution in [0.5, 0.6) is 0 Å². The van der Waals surface area contributed by atoms with Gasteiger partial charge in [0.25, 0.3) is 0 Å². The Morgan fingerprint density at radius 1 is 1.42 bits per heavy atom. The molecule has 0 aromatic heterocycles. The van der Waals surface area contributed by atoms with Gasteiger partial charge in [-0.1, -0.05) is 0 Å². The number of amides is 3. The highest BCUT2D eigenvalue weighted by molar-refractivity contribution is 5.96. The van der Waals surface area contributed by atoms with Gasteiger partial charge in [0.05, 0.1) is 19.1 Å². The van der Waals surface area contributed by atoms with Crippen LogP contribution in [0.15, 0.2) is 0 Å². The molecule has 0 saturated carbocycles. The summed E-state index contributed by atoms with van der Waals surface area (Å²) in [5.74, 6) is -0.806. The van der Waals surface area contributed by atoms with Crippen LogP contribution >= 0.6 is 0 Å². The summed E-state index contributed by atoms with van der Waals surface area (Å²) in [5, 5.41) is 4.76. The molecule has 0 bridgehead atoms. The number of carbonyl (C=O) groups is 3. The van der Waals surface area contributed by atoms with Crippen molar-refractivity contribution in [1.29, 1.82) is 0 Å². The van der Waals surface area contributed by atoms with Crippen LogP contribution in [0.2, 0.25) is 0 Å². The minimum absolute atomic E-state index is 0.190. The van der Waals surface area contributed by atoms with Crippen molar-refractivity contribution < 1.29 is 19.1 Å². The molecule has 2 N–H and O–H groups in total. The molecule has 1 rings (SSSR count). The van der Waals surface area contributed by atoms with Crippen LogP contribution in [0.3, 0.4) is 0 Å². The third-order valence-electron chi connectivity index (χ3n) is 3.26. The second kappa shape index (κ2) is 7.08. The maximum atomic E-state index is 11.8. The molecule has 108 valence electrons. The van der Waals surface area contributed by atoms with Gasteiger partial charge >= 0.3 is 12.0 Å². The van der Waals surface area contributed by atoms with Crippen LogP contribution in [0.25, 0.3) is 0 Å². The van der Waals surface area contributed by atoms with Gasteiger partial charge in [0.15, 0.2) is 0 Å². The summed E-state index contributed by atoms with van der Waals surface area (Å²) in [6, 6.07) is -0.944. The predicted molar refractivity (Wildman–Crippen MR) is 68.4 cm³/mol. The van der Waals surface area contributed by atoms with E-state index >= 15 is 0 Å². The van der Waals surface area contributed by atoms with Crippen molar-refractivity contribution in [2.75, 3.05) is 26.7 Å². The van der Waals surface area contributed by atoms with E-state index in [0.717, 1.165) is 0 Å². The molecule has 1 aliphatic heterocycles. The Kier molecular flexibility index (Phi) is 5.75. The van der Waals surface area contributed by atoms with E-state index < -0.39 is 12.1 Å². The number of carbonyl (C=O) groups excluding carboxylic acids is 3. The Bertz CT molecular complexity index is 359. The summed E-state index contributed by atoms with van der Waals surface area (Å²) in [6.07, 6.45) is 0.672. The first kappa shape index (κ1) is 15.4. The number of urea groups is 1. The smallest absolute Gasteiger partial charge is 0.321 e. The Labute approximate surface area is 112 Å². The number of hydrogen-bond donors (Lipinski definition) is 2. The molecule has 2 atom stereocenters. The molecule has 0 aromatic carbocycles. The molecule has 19 heavy (non-hydrogen) atoms. The van der Waals surface area contributed by atoms with E-state index in [-0.39, 0.29) is 17.8 Å². The van der Waals surface area contributed by atoms with Gasteiger partial charge < -0.3 is 10.1 Å². The van der Waals surface area contributed by atoms with E-state index in [0.29, 0.717) is 26.1 Å². The molecule has 3 amide bonds. The summed E-state index contributed by atoms with van der Waals surface area (Å²) in [7, 11) is 1.36. The Morgan fingerprint density at radius 2 is 2.11 bits per heavy atom. The maximum Gasteiger partial charge on any atom is 0.321 e. The number of nitrogens with zero attached hydrogens (tertiary/aromatic N) is 1. The number of rotatable bonds is 4. The van der Waals surface area contributed by atoms with Gasteiger partial charge in [0.2, 0.25) is 5.91 Å². The molecule has 0 spiro atoms. The van der Waals surface area contributed by atoms with Gasteiger partial charge in [-0.25, -0.2) is 4.79 Å². The van der Waals surface area contributed by atoms with E-state index in [1.807, 2.05) is 4.90 Å². The summed E-state index contributed by atoms with van der Waals surface area (Å²) >= 11 is 0. The highest BCUT2D eigenvalue weighted by Gasteiger charge is 2.34. The molecular formula is C12H21N3O4. The average molecular weight is 271 g/mol. The average Bonchev–Trinajstić information content (AvgIpc) is 2.86. The van der Waals surface area contributed by atoms with Gasteiger partial charge in [-0.2, -0.15) is 0 Å². The molecule has 7 heteroatoms. The van der Waals surface area contributed by atoms with E-state index in [1.165, 1.54) is 7.11 Å². The van der Waals surface area contributed by atoms with Crippen LogP contribution in [0, 0.1) is 5.92 Å². The third kappa shape index (κ3) is 4.20. The monoisotopic (exact) mass is 271 g/mol. The quantitative estimate of drug-likeness (QED) is 0.686. The first-order valence-corrected chi connectivity index (χ1v) is 6.40. The Hall–Kier alpha value is -1.63. The Balaban J connectivity index is 2.46. The molecular weight excluding hydrogens is 250 g/mol. The van der Waals surface area contributed by atoms with E-state index in [1.54, 1.807) is 13.8 Å². The summed E-state index contributed by atoms with van der Waals surface area (Å²) in [6.45, 7) is 5.07. The molecule has 0 aromatic rings. The SMILES string of the molecule is CCNC(=O)NC(=O)C(C)N1CCC(C(=O)OC)C1. The number of likely N-dealkylation sites (tertiary alicyclic amines) is 1. The fourth-order valence-corrected chi connectivity index (χ4v) is 2.09. The lowest BCUT2D eigenvalue weighted by atomic mass is 10.1. The first-order chi connectivity index (χ1) is 8.99. The van der Waals surface area contributed by atoms with Gasteiger partial charge in [-0.05, 0) is 26.8 Å². The summed E-state index contributed by atoms with van der Waals surface area (Å²) in [5.41, 5.74) is 0. The topological polar surface area (TPSA) is 87.7 Å². The zero-order valence-corrected chi connectivity index (χ0v) is 11.6. The minimum atomic E-state index is -0.497. The standard InChI is InChI=1S/C12H21N3O4/c1-4-13-12(18)14-10(16)8(2)15-6-5-9(7-15)11(17)19-3/h8-9H,4-7H2,1-3H3,(H2,13,14,16,18). The largest absolute Gasteiger partial charge is 0.469 e. The van der Waals surface area contributed by atoms with Crippen LogP contribution in [0.4, 0.5) is 4.79 Å². The van der Waals surface area contributed by atoms with Gasteiger partial charge in [-0.15, -0.1) is 0 Å². The fourth-order valence-electron chi connectivity index (χ4n) is 2.09. The second-order valence-corrected chi connectivity index (χ2v) is 4.53. The van der Waals surface area contributed by atoms with E-state index in [2.05, 4.69) is 15.4 Å². The molecule has 0 aliphatic carbocycles. The van der Waals surface area contributed by atoms with Gasteiger partial charge in [0, 0.05) is 13.1 Å². The fraction of sp³-hybridized carbons (Fsp3) is 0.750. The zero-order chi connectivity index (χ0) is 14.4. The molecule has 0 radical (unpaired) electrons. The van der Waals surface area contributed by atoms with Crippen molar-refractivity contribution in [1.82, 2.24) is 15.5 Å². The van der Waals surface area contributed by atoms with Crippen molar-refractivity contribution in [3.8, 4) is 0 Å². The number of methoxy groups -OCH3 is 1. The highest BCUT2D eigenvalue weighted by atomic mass is 16.5. The van der Waals surface area contributed by atoms with Crippen LogP contribution in [-0.2, 0) is 14.3 Å². The second-order valence-electron chi connectivity index (χ2n) is 4.53. The van der Waals surface area contributed by atoms with Crippen molar-refractivity contribution in [2.24, 2.45) is 5.92 Å². The van der Waals surface area contributed by atoms with Crippen molar-refractivity contribution in [3.05, 3.63) is 0 Å². The molecule has 1 saturated heterocycles. The van der Waals surface area contributed by atoms with Crippen LogP contribution in [-0.4, -0.2) is 55.6 Å². The van der Waals surface area contributed by atoms with Gasteiger partial charge in [0.1, 0.15) is 0 Å². The maximum absolute atomic E-state index is 11.8. The molecule has 1 heterocycles. The minimum Gasteiger partial charge on any atom is -0.469 e. The number of imide groups is 1. The lowest BCUT2D eigenvalue weighted by Gasteiger charge is -2.22. The normalized spacial score (nSPS) is 20.7. The Morgan fingerprint density at radius 3 is 2.68 bits per heavy atom. The highest BCUT2D eigenvalue weighted by Crippen LogP contribution is 2.19. The summed E-state index contributed by atoms with van der Waals surface area (Å²) in [4.78, 5) is 36.4. The lowest BCUT2D eigenvalue weighted by molar-refractivity contribution is -0.145. The molecule has 7 nitrogen and oxygen atoms in total. The molecule has 1 fully saturated rings. The number of esters is 1. The van der Waals surface area contributed by atoms with E-state index in [9.17, 15) is 14.4 Å². The molecule has 2 unspecified atom stereocenters.